The van der Waals surface area contributed by atoms with E-state index in [4.69, 9.17) is 4.74 Å². The Morgan fingerprint density at radius 2 is 1.87 bits per heavy atom. The fourth-order valence-electron chi connectivity index (χ4n) is 2.56. The number of likely N-dealkylation sites (N-methyl/N-ethyl adjacent to an activating group) is 1. The molecular weight excluding hydrogens is 298 g/mol. The van der Waals surface area contributed by atoms with Crippen LogP contribution in [0.25, 0.3) is 0 Å². The average Bonchev–Trinajstić information content (AvgIpc) is 3.09. The molecular formula is C16H27N3O4. The van der Waals surface area contributed by atoms with Crippen molar-refractivity contribution in [3.63, 3.8) is 0 Å². The van der Waals surface area contributed by atoms with Crippen LogP contribution in [0.15, 0.2) is 0 Å². The first-order valence-electron chi connectivity index (χ1n) is 8.21. The summed E-state index contributed by atoms with van der Waals surface area (Å²) in [6.45, 7) is 5.81. The van der Waals surface area contributed by atoms with Gasteiger partial charge in [-0.3, -0.25) is 9.59 Å². The highest BCUT2D eigenvalue weighted by molar-refractivity contribution is 5.90. The minimum atomic E-state index is -0.602. The van der Waals surface area contributed by atoms with Gasteiger partial charge in [0.05, 0.1) is 0 Å². The Balaban J connectivity index is 1.88. The standard InChI is InChI=1S/C16H27N3O4/c1-16(2,3)23-15(22)18(4)10-13(20)19-9-5-6-12(19)14(21)17-11-7-8-11/h11-12H,5-10H2,1-4H3,(H,17,21)/t12-/m0/s1. The molecule has 1 aliphatic heterocycles. The lowest BCUT2D eigenvalue weighted by Gasteiger charge is -2.28. The number of nitrogens with zero attached hydrogens (tertiary/aromatic N) is 2. The van der Waals surface area contributed by atoms with Crippen molar-refractivity contribution in [2.45, 2.75) is 64.1 Å². The van der Waals surface area contributed by atoms with Gasteiger partial charge in [0.15, 0.2) is 0 Å². The van der Waals surface area contributed by atoms with Gasteiger partial charge in [-0.2, -0.15) is 0 Å². The first-order valence-corrected chi connectivity index (χ1v) is 8.21. The van der Waals surface area contributed by atoms with E-state index in [2.05, 4.69) is 5.32 Å². The lowest BCUT2D eigenvalue weighted by molar-refractivity contribution is -0.139. The Morgan fingerprint density at radius 1 is 1.22 bits per heavy atom. The summed E-state index contributed by atoms with van der Waals surface area (Å²) >= 11 is 0. The van der Waals surface area contributed by atoms with E-state index in [1.807, 2.05) is 0 Å². The molecule has 1 N–H and O–H groups in total. The van der Waals surface area contributed by atoms with E-state index in [1.54, 1.807) is 25.7 Å². The summed E-state index contributed by atoms with van der Waals surface area (Å²) < 4.78 is 5.24. The van der Waals surface area contributed by atoms with Crippen LogP contribution in [0.3, 0.4) is 0 Å². The third-order valence-electron chi connectivity index (χ3n) is 3.88. The molecule has 7 heteroatoms. The molecule has 1 saturated heterocycles. The average molecular weight is 325 g/mol. The number of ether oxygens (including phenoxy) is 1. The van der Waals surface area contributed by atoms with Gasteiger partial charge in [0, 0.05) is 19.6 Å². The fourth-order valence-corrected chi connectivity index (χ4v) is 2.56. The van der Waals surface area contributed by atoms with Crippen molar-refractivity contribution in [3.05, 3.63) is 0 Å². The maximum atomic E-state index is 12.4. The summed E-state index contributed by atoms with van der Waals surface area (Å²) in [5.41, 5.74) is -0.602. The molecule has 0 unspecified atom stereocenters. The highest BCUT2D eigenvalue weighted by Gasteiger charge is 2.37. The zero-order valence-electron chi connectivity index (χ0n) is 14.4. The highest BCUT2D eigenvalue weighted by atomic mass is 16.6. The lowest BCUT2D eigenvalue weighted by atomic mass is 10.2. The molecule has 2 aliphatic rings. The second-order valence-corrected chi connectivity index (χ2v) is 7.36. The molecule has 0 spiro atoms. The zero-order chi connectivity index (χ0) is 17.2. The molecule has 0 aromatic heterocycles. The van der Waals surface area contributed by atoms with Crippen LogP contribution in [0.5, 0.6) is 0 Å². The Kier molecular flexibility index (Phi) is 5.16. The molecule has 0 aromatic rings. The third kappa shape index (κ3) is 5.11. The van der Waals surface area contributed by atoms with Crippen molar-refractivity contribution in [1.82, 2.24) is 15.1 Å². The van der Waals surface area contributed by atoms with E-state index in [9.17, 15) is 14.4 Å². The second-order valence-electron chi connectivity index (χ2n) is 7.36. The molecule has 0 aromatic carbocycles. The van der Waals surface area contributed by atoms with Crippen LogP contribution in [-0.4, -0.2) is 65.5 Å². The first kappa shape index (κ1) is 17.6. The van der Waals surface area contributed by atoms with Crippen LogP contribution in [0, 0.1) is 0 Å². The van der Waals surface area contributed by atoms with Gasteiger partial charge in [-0.15, -0.1) is 0 Å². The topological polar surface area (TPSA) is 79.0 Å². The first-order chi connectivity index (χ1) is 10.7. The van der Waals surface area contributed by atoms with Gasteiger partial charge in [-0.1, -0.05) is 0 Å². The van der Waals surface area contributed by atoms with Crippen LogP contribution < -0.4 is 5.32 Å². The molecule has 130 valence electrons. The predicted molar refractivity (Wildman–Crippen MR) is 84.8 cm³/mol. The van der Waals surface area contributed by atoms with Gasteiger partial charge in [0.2, 0.25) is 11.8 Å². The van der Waals surface area contributed by atoms with E-state index in [0.29, 0.717) is 13.0 Å². The Hall–Kier alpha value is -1.79. The number of nitrogens with one attached hydrogen (secondary N) is 1. The van der Waals surface area contributed by atoms with Gasteiger partial charge in [-0.05, 0) is 46.5 Å². The molecule has 0 bridgehead atoms. The summed E-state index contributed by atoms with van der Waals surface area (Å²) in [6.07, 6.45) is 3.00. The molecule has 1 atom stereocenters. The minimum absolute atomic E-state index is 0.0710. The molecule has 1 aliphatic carbocycles. The smallest absolute Gasteiger partial charge is 0.410 e. The Labute approximate surface area is 137 Å². The van der Waals surface area contributed by atoms with Crippen molar-refractivity contribution in [3.8, 4) is 0 Å². The van der Waals surface area contributed by atoms with Gasteiger partial charge < -0.3 is 19.9 Å². The summed E-state index contributed by atoms with van der Waals surface area (Å²) in [5.74, 6) is -0.287. The number of hydrogen-bond donors (Lipinski definition) is 1. The van der Waals surface area contributed by atoms with Gasteiger partial charge in [-0.25, -0.2) is 4.79 Å². The van der Waals surface area contributed by atoms with E-state index in [0.717, 1.165) is 19.3 Å². The molecule has 2 rings (SSSR count). The second kappa shape index (κ2) is 6.76. The van der Waals surface area contributed by atoms with Crippen LogP contribution in [0.2, 0.25) is 0 Å². The minimum Gasteiger partial charge on any atom is -0.444 e. The van der Waals surface area contributed by atoms with E-state index in [1.165, 1.54) is 11.9 Å². The summed E-state index contributed by atoms with van der Waals surface area (Å²) in [4.78, 5) is 39.4. The zero-order valence-corrected chi connectivity index (χ0v) is 14.4. The quantitative estimate of drug-likeness (QED) is 0.840. The van der Waals surface area contributed by atoms with Gasteiger partial charge in [0.1, 0.15) is 18.2 Å². The van der Waals surface area contributed by atoms with Crippen molar-refractivity contribution in [1.29, 1.82) is 0 Å². The SMILES string of the molecule is CN(CC(=O)N1CCC[C@H]1C(=O)NC1CC1)C(=O)OC(C)(C)C. The fraction of sp³-hybridized carbons (Fsp3) is 0.812. The maximum absolute atomic E-state index is 12.4. The van der Waals surface area contributed by atoms with Crippen LogP contribution >= 0.6 is 0 Å². The van der Waals surface area contributed by atoms with E-state index in [-0.39, 0.29) is 24.4 Å². The van der Waals surface area contributed by atoms with Crippen molar-refractivity contribution in [2.24, 2.45) is 0 Å². The van der Waals surface area contributed by atoms with Crippen molar-refractivity contribution >= 4 is 17.9 Å². The highest BCUT2D eigenvalue weighted by Crippen LogP contribution is 2.22. The lowest BCUT2D eigenvalue weighted by Crippen LogP contribution is -2.50. The molecule has 1 saturated carbocycles. The summed E-state index contributed by atoms with van der Waals surface area (Å²) in [5, 5.41) is 2.95. The predicted octanol–water partition coefficient (Wildman–Crippen LogP) is 1.12. The number of hydrogen-bond acceptors (Lipinski definition) is 4. The summed E-state index contributed by atoms with van der Waals surface area (Å²) in [7, 11) is 1.53. The number of carbonyl (C=O) groups is 3. The molecule has 23 heavy (non-hydrogen) atoms. The molecule has 3 amide bonds. The summed E-state index contributed by atoms with van der Waals surface area (Å²) in [6, 6.07) is -0.125. The molecule has 1 heterocycles. The Morgan fingerprint density at radius 3 is 2.43 bits per heavy atom. The monoisotopic (exact) mass is 325 g/mol. The Bertz CT molecular complexity index is 482. The normalized spacial score (nSPS) is 21.0. The van der Waals surface area contributed by atoms with Crippen molar-refractivity contribution in [2.75, 3.05) is 20.1 Å². The van der Waals surface area contributed by atoms with Crippen LogP contribution in [0.4, 0.5) is 4.79 Å². The number of rotatable bonds is 4. The number of amides is 3. The van der Waals surface area contributed by atoms with Gasteiger partial charge >= 0.3 is 6.09 Å². The maximum Gasteiger partial charge on any atom is 0.410 e. The third-order valence-corrected chi connectivity index (χ3v) is 3.88. The van der Waals surface area contributed by atoms with Crippen molar-refractivity contribution < 1.29 is 19.1 Å². The van der Waals surface area contributed by atoms with Crippen LogP contribution in [-0.2, 0) is 14.3 Å². The van der Waals surface area contributed by atoms with E-state index < -0.39 is 17.7 Å². The van der Waals surface area contributed by atoms with Crippen LogP contribution in [0.1, 0.15) is 46.5 Å². The van der Waals surface area contributed by atoms with E-state index >= 15 is 0 Å². The number of carbonyl (C=O) groups excluding carboxylic acids is 3. The molecule has 2 fully saturated rings. The number of likely N-dealkylation sites (tertiary alicyclic amines) is 1. The van der Waals surface area contributed by atoms with Gasteiger partial charge in [0.25, 0.3) is 0 Å². The largest absolute Gasteiger partial charge is 0.444 e. The molecule has 0 radical (unpaired) electrons. The molecule has 7 nitrogen and oxygen atoms in total.